The summed E-state index contributed by atoms with van der Waals surface area (Å²) in [7, 11) is 1.61. The summed E-state index contributed by atoms with van der Waals surface area (Å²) in [5.74, 6) is -1.06. The van der Waals surface area contributed by atoms with Crippen LogP contribution in [0.25, 0.3) is 0 Å². The molecule has 0 radical (unpaired) electrons. The SMILES string of the molecule is COc1cc(N2CCC3(CCCN(C(C)=O)C3)C2)ncn1.O=C(O)C(F)(F)F. The van der Waals surface area contributed by atoms with Crippen molar-refractivity contribution in [2.75, 3.05) is 38.2 Å². The molecule has 2 aliphatic rings. The molecule has 8 nitrogen and oxygen atoms in total. The topological polar surface area (TPSA) is 95.9 Å². The molecular weight excluding hydrogens is 381 g/mol. The molecule has 2 aliphatic heterocycles. The van der Waals surface area contributed by atoms with E-state index in [4.69, 9.17) is 14.6 Å². The molecule has 1 aromatic rings. The zero-order valence-corrected chi connectivity index (χ0v) is 15.7. The Morgan fingerprint density at radius 1 is 1.21 bits per heavy atom. The normalized spacial score (nSPS) is 21.9. The van der Waals surface area contributed by atoms with Gasteiger partial charge < -0.3 is 19.6 Å². The third-order valence-corrected chi connectivity index (χ3v) is 4.95. The molecule has 2 saturated heterocycles. The van der Waals surface area contributed by atoms with Gasteiger partial charge in [0.25, 0.3) is 0 Å². The van der Waals surface area contributed by atoms with E-state index in [0.717, 1.165) is 44.8 Å². The standard InChI is InChI=1S/C15H22N4O2.C2HF3O2/c1-12(20)18-6-3-4-15(9-18)5-7-19(10-15)13-8-14(21-2)17-11-16-13;3-2(4,5)1(6)7/h8,11H,3-7,9-10H2,1-2H3;(H,6,7). The number of hydrogen-bond donors (Lipinski definition) is 1. The number of hydrogen-bond acceptors (Lipinski definition) is 6. The molecule has 3 heterocycles. The Labute approximate surface area is 160 Å². The predicted molar refractivity (Wildman–Crippen MR) is 93.0 cm³/mol. The van der Waals surface area contributed by atoms with Gasteiger partial charge in [-0.25, -0.2) is 14.8 Å². The lowest BCUT2D eigenvalue weighted by atomic mass is 9.79. The summed E-state index contributed by atoms with van der Waals surface area (Å²) in [6.45, 7) is 5.38. The second-order valence-electron chi connectivity index (χ2n) is 6.94. The number of methoxy groups -OCH3 is 1. The Morgan fingerprint density at radius 3 is 2.46 bits per heavy atom. The van der Waals surface area contributed by atoms with Crippen LogP contribution in [0.1, 0.15) is 26.2 Å². The minimum absolute atomic E-state index is 0.191. The van der Waals surface area contributed by atoms with E-state index in [-0.39, 0.29) is 11.3 Å². The van der Waals surface area contributed by atoms with Crippen molar-refractivity contribution in [3.63, 3.8) is 0 Å². The number of amides is 1. The van der Waals surface area contributed by atoms with Gasteiger partial charge in [-0.15, -0.1) is 0 Å². The van der Waals surface area contributed by atoms with E-state index in [2.05, 4.69) is 14.9 Å². The third-order valence-electron chi connectivity index (χ3n) is 4.95. The van der Waals surface area contributed by atoms with Gasteiger partial charge in [-0.05, 0) is 19.3 Å². The summed E-state index contributed by atoms with van der Waals surface area (Å²) in [5, 5.41) is 7.12. The first-order valence-electron chi connectivity index (χ1n) is 8.73. The summed E-state index contributed by atoms with van der Waals surface area (Å²) >= 11 is 0. The number of carboxylic acid groups (broad SMARTS) is 1. The number of anilines is 1. The maximum absolute atomic E-state index is 11.6. The molecule has 1 aromatic heterocycles. The number of likely N-dealkylation sites (tertiary alicyclic amines) is 1. The molecule has 11 heteroatoms. The number of aromatic nitrogens is 2. The number of carbonyl (C=O) groups is 2. The van der Waals surface area contributed by atoms with Crippen LogP contribution < -0.4 is 9.64 Å². The van der Waals surface area contributed by atoms with Crippen molar-refractivity contribution in [2.24, 2.45) is 5.41 Å². The molecule has 0 aromatic carbocycles. The van der Waals surface area contributed by atoms with Crippen LogP contribution in [-0.2, 0) is 9.59 Å². The Hall–Kier alpha value is -2.59. The van der Waals surface area contributed by atoms with Crippen LogP contribution in [0.15, 0.2) is 12.4 Å². The molecule has 2 fully saturated rings. The van der Waals surface area contributed by atoms with Crippen LogP contribution in [0.3, 0.4) is 0 Å². The van der Waals surface area contributed by atoms with Crippen molar-refractivity contribution < 1.29 is 32.6 Å². The van der Waals surface area contributed by atoms with Crippen molar-refractivity contribution >= 4 is 17.7 Å². The van der Waals surface area contributed by atoms with Gasteiger partial charge in [0, 0.05) is 44.6 Å². The highest BCUT2D eigenvalue weighted by Crippen LogP contribution is 2.40. The van der Waals surface area contributed by atoms with Crippen LogP contribution in [0.5, 0.6) is 5.88 Å². The molecule has 156 valence electrons. The lowest BCUT2D eigenvalue weighted by Gasteiger charge is -2.40. The van der Waals surface area contributed by atoms with Crippen molar-refractivity contribution in [3.05, 3.63) is 12.4 Å². The Kier molecular flexibility index (Phi) is 6.68. The van der Waals surface area contributed by atoms with E-state index in [1.54, 1.807) is 20.4 Å². The molecule has 28 heavy (non-hydrogen) atoms. The molecule has 0 bridgehead atoms. The van der Waals surface area contributed by atoms with Crippen LogP contribution >= 0.6 is 0 Å². The zero-order valence-electron chi connectivity index (χ0n) is 15.7. The van der Waals surface area contributed by atoms with Crippen molar-refractivity contribution in [1.82, 2.24) is 14.9 Å². The first-order valence-corrected chi connectivity index (χ1v) is 8.73. The third kappa shape index (κ3) is 5.46. The average Bonchev–Trinajstić information content (AvgIpc) is 3.04. The van der Waals surface area contributed by atoms with E-state index < -0.39 is 12.1 Å². The average molecular weight is 404 g/mol. The maximum Gasteiger partial charge on any atom is 0.490 e. The number of rotatable bonds is 2. The number of piperidine rings is 1. The number of aliphatic carboxylic acids is 1. The molecular formula is C17H23F3N4O4. The Balaban J connectivity index is 0.000000345. The van der Waals surface area contributed by atoms with Gasteiger partial charge in [0.2, 0.25) is 11.8 Å². The van der Waals surface area contributed by atoms with Gasteiger partial charge in [0.15, 0.2) is 0 Å². The van der Waals surface area contributed by atoms with Crippen LogP contribution in [0.4, 0.5) is 19.0 Å². The largest absolute Gasteiger partial charge is 0.490 e. The molecule has 1 N–H and O–H groups in total. The maximum atomic E-state index is 11.6. The van der Waals surface area contributed by atoms with E-state index in [0.29, 0.717) is 5.88 Å². The molecule has 0 saturated carbocycles. The zero-order chi connectivity index (χ0) is 20.9. The number of ether oxygens (including phenoxy) is 1. The molecule has 1 amide bonds. The van der Waals surface area contributed by atoms with Gasteiger partial charge >= 0.3 is 12.1 Å². The number of halogens is 3. The monoisotopic (exact) mass is 404 g/mol. The highest BCUT2D eigenvalue weighted by molar-refractivity contribution is 5.73. The molecule has 1 atom stereocenters. The van der Waals surface area contributed by atoms with Gasteiger partial charge in [0.1, 0.15) is 12.1 Å². The van der Waals surface area contributed by atoms with Crippen molar-refractivity contribution in [2.45, 2.75) is 32.4 Å². The summed E-state index contributed by atoms with van der Waals surface area (Å²) in [6.07, 6.45) is -0.138. The lowest BCUT2D eigenvalue weighted by Crippen LogP contribution is -2.46. The second kappa shape index (κ2) is 8.61. The van der Waals surface area contributed by atoms with Crippen LogP contribution in [0, 0.1) is 5.41 Å². The van der Waals surface area contributed by atoms with Gasteiger partial charge in [0.05, 0.1) is 7.11 Å². The smallest absolute Gasteiger partial charge is 0.481 e. The molecule has 3 rings (SSSR count). The minimum atomic E-state index is -5.08. The fraction of sp³-hybridized carbons (Fsp3) is 0.647. The van der Waals surface area contributed by atoms with Crippen molar-refractivity contribution in [1.29, 1.82) is 0 Å². The van der Waals surface area contributed by atoms with E-state index >= 15 is 0 Å². The first-order chi connectivity index (χ1) is 13.1. The fourth-order valence-electron chi connectivity index (χ4n) is 3.55. The number of nitrogens with zero attached hydrogens (tertiary/aromatic N) is 4. The van der Waals surface area contributed by atoms with E-state index in [1.807, 2.05) is 11.0 Å². The van der Waals surface area contributed by atoms with Crippen LogP contribution in [0.2, 0.25) is 0 Å². The summed E-state index contributed by atoms with van der Waals surface area (Å²) in [4.78, 5) is 33.2. The summed E-state index contributed by atoms with van der Waals surface area (Å²) in [6, 6.07) is 1.88. The number of carbonyl (C=O) groups excluding carboxylic acids is 1. The number of alkyl halides is 3. The first kappa shape index (κ1) is 21.7. The lowest BCUT2D eigenvalue weighted by molar-refractivity contribution is -0.192. The Bertz CT molecular complexity index is 716. The summed E-state index contributed by atoms with van der Waals surface area (Å²) < 4.78 is 36.9. The molecule has 0 aliphatic carbocycles. The number of carboxylic acids is 1. The predicted octanol–water partition coefficient (Wildman–Crippen LogP) is 1.96. The quantitative estimate of drug-likeness (QED) is 0.805. The van der Waals surface area contributed by atoms with Crippen molar-refractivity contribution in [3.8, 4) is 5.88 Å². The minimum Gasteiger partial charge on any atom is -0.481 e. The van der Waals surface area contributed by atoms with E-state index in [9.17, 15) is 18.0 Å². The second-order valence-corrected chi connectivity index (χ2v) is 6.94. The highest BCUT2D eigenvalue weighted by Gasteiger charge is 2.42. The summed E-state index contributed by atoms with van der Waals surface area (Å²) in [5.41, 5.74) is 0.224. The van der Waals surface area contributed by atoms with Gasteiger partial charge in [-0.1, -0.05) is 0 Å². The van der Waals surface area contributed by atoms with E-state index in [1.165, 1.54) is 6.42 Å². The highest BCUT2D eigenvalue weighted by atomic mass is 19.4. The molecule has 1 unspecified atom stereocenters. The van der Waals surface area contributed by atoms with Gasteiger partial charge in [-0.2, -0.15) is 13.2 Å². The Morgan fingerprint density at radius 2 is 1.89 bits per heavy atom. The molecule has 1 spiro atoms. The fourth-order valence-corrected chi connectivity index (χ4v) is 3.55. The van der Waals surface area contributed by atoms with Crippen LogP contribution in [-0.4, -0.2) is 71.3 Å². The van der Waals surface area contributed by atoms with Gasteiger partial charge in [-0.3, -0.25) is 4.79 Å².